The van der Waals surface area contributed by atoms with Crippen LogP contribution in [-0.2, 0) is 0 Å². The number of benzene rings is 1. The average Bonchev–Trinajstić information content (AvgIpc) is 3.11. The van der Waals surface area contributed by atoms with Crippen molar-refractivity contribution < 1.29 is 14.7 Å². The van der Waals surface area contributed by atoms with Crippen LogP contribution in [0, 0.1) is 17.3 Å². The standard InChI is InChI=1S/C24H25Cl2NO3S/c1-24(2,3)12-11-17-14-20(21(31-17)23(29)30)27(16-7-5-4-6-8-16)22(28)18-10-9-15(25)13-19(18)26/h9-10,13-14,16H,4-8H2,1-3H3,(H,29,30). The largest absolute Gasteiger partial charge is 0.477 e. The Morgan fingerprint density at radius 1 is 1.13 bits per heavy atom. The predicted octanol–water partition coefficient (Wildman–Crippen LogP) is 7.13. The van der Waals surface area contributed by atoms with Crippen LogP contribution in [0.3, 0.4) is 0 Å². The van der Waals surface area contributed by atoms with Crippen molar-refractivity contribution in [1.82, 2.24) is 0 Å². The second-order valence-corrected chi connectivity index (χ2v) is 10.6. The lowest BCUT2D eigenvalue weighted by molar-refractivity contribution is 0.0703. The Bertz CT molecular complexity index is 1050. The Hall–Kier alpha value is -2.00. The van der Waals surface area contributed by atoms with Gasteiger partial charge in [0.05, 0.1) is 21.2 Å². The van der Waals surface area contributed by atoms with Crippen LogP contribution < -0.4 is 4.90 Å². The van der Waals surface area contributed by atoms with Crippen molar-refractivity contribution in [3.8, 4) is 11.8 Å². The van der Waals surface area contributed by atoms with Crippen LogP contribution in [-0.4, -0.2) is 23.0 Å². The van der Waals surface area contributed by atoms with E-state index in [1.165, 1.54) is 6.07 Å². The summed E-state index contributed by atoms with van der Waals surface area (Å²) in [6.45, 7) is 5.98. The first-order valence-electron chi connectivity index (χ1n) is 10.3. The van der Waals surface area contributed by atoms with Gasteiger partial charge in [-0.2, -0.15) is 0 Å². The summed E-state index contributed by atoms with van der Waals surface area (Å²) in [7, 11) is 0. The first-order chi connectivity index (χ1) is 14.6. The maximum absolute atomic E-state index is 13.7. The zero-order valence-electron chi connectivity index (χ0n) is 17.8. The topological polar surface area (TPSA) is 57.6 Å². The maximum Gasteiger partial charge on any atom is 0.348 e. The lowest BCUT2D eigenvalue weighted by atomic mass is 9.93. The SMILES string of the molecule is CC(C)(C)C#Cc1cc(N(C(=O)c2ccc(Cl)cc2Cl)C2CCCCC2)c(C(=O)O)s1. The van der Waals surface area contributed by atoms with Crippen molar-refractivity contribution in [2.45, 2.75) is 58.9 Å². The molecule has 3 rings (SSSR count). The van der Waals surface area contributed by atoms with E-state index < -0.39 is 5.97 Å². The summed E-state index contributed by atoms with van der Waals surface area (Å²) in [5.41, 5.74) is 0.476. The van der Waals surface area contributed by atoms with Gasteiger partial charge in [0, 0.05) is 16.5 Å². The van der Waals surface area contributed by atoms with Crippen LogP contribution in [0.25, 0.3) is 0 Å². The molecular formula is C24H25Cl2NO3S. The fourth-order valence-corrected chi connectivity index (χ4v) is 4.96. The van der Waals surface area contributed by atoms with E-state index in [0.29, 0.717) is 21.2 Å². The van der Waals surface area contributed by atoms with Crippen LogP contribution in [0.1, 0.15) is 77.8 Å². The molecule has 1 aliphatic rings. The second kappa shape index (κ2) is 9.65. The Morgan fingerprint density at radius 2 is 1.81 bits per heavy atom. The molecule has 1 heterocycles. The molecule has 1 fully saturated rings. The molecule has 7 heteroatoms. The number of amides is 1. The minimum atomic E-state index is -1.07. The molecule has 164 valence electrons. The molecule has 1 aromatic carbocycles. The fraction of sp³-hybridized carbons (Fsp3) is 0.417. The van der Waals surface area contributed by atoms with Gasteiger partial charge in [0.25, 0.3) is 5.91 Å². The van der Waals surface area contributed by atoms with Crippen LogP contribution >= 0.6 is 34.5 Å². The van der Waals surface area contributed by atoms with Gasteiger partial charge in [0.15, 0.2) is 0 Å². The number of anilines is 1. The van der Waals surface area contributed by atoms with Gasteiger partial charge >= 0.3 is 5.97 Å². The van der Waals surface area contributed by atoms with Crippen LogP contribution in [0.4, 0.5) is 5.69 Å². The number of rotatable bonds is 4. The molecule has 0 radical (unpaired) electrons. The molecule has 4 nitrogen and oxygen atoms in total. The zero-order chi connectivity index (χ0) is 22.8. The van der Waals surface area contributed by atoms with E-state index in [0.717, 1.165) is 43.4 Å². The number of thiophene rings is 1. The van der Waals surface area contributed by atoms with E-state index in [1.54, 1.807) is 23.1 Å². The molecule has 0 bridgehead atoms. The number of hydrogen-bond acceptors (Lipinski definition) is 3. The highest BCUT2D eigenvalue weighted by atomic mass is 35.5. The molecule has 1 N–H and O–H groups in total. The Labute approximate surface area is 197 Å². The summed E-state index contributed by atoms with van der Waals surface area (Å²) in [4.78, 5) is 28.1. The predicted molar refractivity (Wildman–Crippen MR) is 128 cm³/mol. The summed E-state index contributed by atoms with van der Waals surface area (Å²) in [5, 5.41) is 10.6. The molecule has 1 aliphatic carbocycles. The van der Waals surface area contributed by atoms with Gasteiger partial charge in [0.1, 0.15) is 4.88 Å². The number of hydrogen-bond donors (Lipinski definition) is 1. The number of carboxylic acid groups (broad SMARTS) is 1. The third-order valence-electron chi connectivity index (χ3n) is 5.05. The highest BCUT2D eigenvalue weighted by Gasteiger charge is 2.33. The third-order valence-corrected chi connectivity index (χ3v) is 6.62. The number of carbonyl (C=O) groups is 2. The van der Waals surface area contributed by atoms with E-state index in [4.69, 9.17) is 23.2 Å². The van der Waals surface area contributed by atoms with Gasteiger partial charge in [-0.1, -0.05) is 54.3 Å². The van der Waals surface area contributed by atoms with Crippen molar-refractivity contribution in [1.29, 1.82) is 0 Å². The van der Waals surface area contributed by atoms with E-state index in [1.807, 2.05) is 20.8 Å². The monoisotopic (exact) mass is 477 g/mol. The van der Waals surface area contributed by atoms with Crippen LogP contribution in [0.5, 0.6) is 0 Å². The number of carboxylic acids is 1. The summed E-state index contributed by atoms with van der Waals surface area (Å²) < 4.78 is 0. The molecule has 0 aliphatic heterocycles. The highest BCUT2D eigenvalue weighted by Crippen LogP contribution is 2.37. The van der Waals surface area contributed by atoms with Gasteiger partial charge in [-0.15, -0.1) is 11.3 Å². The highest BCUT2D eigenvalue weighted by molar-refractivity contribution is 7.15. The number of carbonyl (C=O) groups excluding carboxylic acids is 1. The van der Waals surface area contributed by atoms with Gasteiger partial charge in [0.2, 0.25) is 0 Å². The molecule has 0 saturated heterocycles. The molecule has 0 unspecified atom stereocenters. The molecule has 31 heavy (non-hydrogen) atoms. The molecule has 1 saturated carbocycles. The molecule has 0 atom stereocenters. The number of aromatic carboxylic acids is 1. The summed E-state index contributed by atoms with van der Waals surface area (Å²) in [6.07, 6.45) is 4.72. The molecule has 1 amide bonds. The van der Waals surface area contributed by atoms with Gasteiger partial charge in [-0.05, 0) is 57.9 Å². The third kappa shape index (κ3) is 5.83. The van der Waals surface area contributed by atoms with Crippen molar-refractivity contribution in [2.24, 2.45) is 5.41 Å². The van der Waals surface area contributed by atoms with Crippen molar-refractivity contribution >= 4 is 52.1 Å². The molecule has 0 spiro atoms. The Morgan fingerprint density at radius 3 is 2.39 bits per heavy atom. The zero-order valence-corrected chi connectivity index (χ0v) is 20.1. The first-order valence-corrected chi connectivity index (χ1v) is 11.8. The lowest BCUT2D eigenvalue weighted by Gasteiger charge is -2.34. The first kappa shape index (κ1) is 23.7. The Kier molecular flexibility index (Phi) is 7.36. The van der Waals surface area contributed by atoms with Crippen LogP contribution in [0.15, 0.2) is 24.3 Å². The second-order valence-electron chi connectivity index (χ2n) is 8.72. The number of halogens is 2. The van der Waals surface area contributed by atoms with E-state index in [9.17, 15) is 14.7 Å². The minimum absolute atomic E-state index is 0.0934. The minimum Gasteiger partial charge on any atom is -0.477 e. The van der Waals surface area contributed by atoms with Gasteiger partial charge < -0.3 is 10.0 Å². The van der Waals surface area contributed by atoms with E-state index in [-0.39, 0.29) is 27.3 Å². The quantitative estimate of drug-likeness (QED) is 0.476. The summed E-state index contributed by atoms with van der Waals surface area (Å²) in [6, 6.07) is 6.37. The molecule has 2 aromatic rings. The van der Waals surface area contributed by atoms with Crippen LogP contribution in [0.2, 0.25) is 10.0 Å². The van der Waals surface area contributed by atoms with E-state index in [2.05, 4.69) is 11.8 Å². The van der Waals surface area contributed by atoms with Gasteiger partial charge in [-0.3, -0.25) is 4.79 Å². The van der Waals surface area contributed by atoms with E-state index >= 15 is 0 Å². The molecule has 1 aromatic heterocycles. The smallest absolute Gasteiger partial charge is 0.348 e. The molecular weight excluding hydrogens is 453 g/mol. The summed E-state index contributed by atoms with van der Waals surface area (Å²) >= 11 is 13.4. The average molecular weight is 478 g/mol. The van der Waals surface area contributed by atoms with Crippen molar-refractivity contribution in [2.75, 3.05) is 4.90 Å². The number of nitrogens with zero attached hydrogens (tertiary/aromatic N) is 1. The van der Waals surface area contributed by atoms with Crippen molar-refractivity contribution in [3.63, 3.8) is 0 Å². The normalized spacial score (nSPS) is 14.6. The summed E-state index contributed by atoms with van der Waals surface area (Å²) in [5.74, 6) is 4.83. The van der Waals surface area contributed by atoms with Gasteiger partial charge in [-0.25, -0.2) is 4.79 Å². The Balaban J connectivity index is 2.12. The fourth-order valence-electron chi connectivity index (χ4n) is 3.63. The van der Waals surface area contributed by atoms with Crippen molar-refractivity contribution in [3.05, 3.63) is 49.6 Å². The lowest BCUT2D eigenvalue weighted by Crippen LogP contribution is -2.42. The maximum atomic E-state index is 13.7.